The molecule has 1 aliphatic rings. The summed E-state index contributed by atoms with van der Waals surface area (Å²) in [4.78, 5) is 11.4. The summed E-state index contributed by atoms with van der Waals surface area (Å²) in [5.74, 6) is 0.905. The molecule has 32 heavy (non-hydrogen) atoms. The van der Waals surface area contributed by atoms with Crippen molar-refractivity contribution in [1.29, 1.82) is 0 Å². The lowest BCUT2D eigenvalue weighted by Gasteiger charge is -2.17. The van der Waals surface area contributed by atoms with Gasteiger partial charge in [0.25, 0.3) is 0 Å². The molecule has 8 heteroatoms. The van der Waals surface area contributed by atoms with Crippen molar-refractivity contribution in [3.05, 3.63) is 57.8 Å². The number of hydrogen-bond acceptors (Lipinski definition) is 4. The third-order valence-corrected chi connectivity index (χ3v) is 8.34. The molecule has 4 rings (SSSR count). The molecule has 0 spiro atoms. The third kappa shape index (κ3) is 4.87. The number of carbonyl (C=O) groups excluding carboxylic acids is 1. The minimum absolute atomic E-state index is 0.0396. The molecule has 0 radical (unpaired) electrons. The largest absolute Gasteiger partial charge is 0.491 e. The highest BCUT2D eigenvalue weighted by atomic mass is 127. The summed E-state index contributed by atoms with van der Waals surface area (Å²) >= 11 is 2.27. The zero-order chi connectivity index (χ0) is 22.9. The summed E-state index contributed by atoms with van der Waals surface area (Å²) in [6.45, 7) is 5.20. The van der Waals surface area contributed by atoms with E-state index in [4.69, 9.17) is 4.74 Å². The summed E-state index contributed by atoms with van der Waals surface area (Å²) in [5, 5.41) is 1.13. The molecule has 1 aliphatic heterocycles. The van der Waals surface area contributed by atoms with Crippen LogP contribution < -0.4 is 4.74 Å². The van der Waals surface area contributed by atoms with Crippen LogP contribution in [0.1, 0.15) is 25.8 Å². The van der Waals surface area contributed by atoms with E-state index < -0.39 is 10.0 Å². The Morgan fingerprint density at radius 2 is 1.94 bits per heavy atom. The monoisotopic (exact) mass is 566 g/mol. The molecule has 2 aromatic carbocycles. The Morgan fingerprint density at radius 1 is 1.19 bits per heavy atom. The SMILES string of the molecule is CC(C)Oc1ccc(S(=O)(=O)N2CCC(Cc3cn(CC=O)c4cc(I)ccc34)C2)cc1. The standard InChI is InChI=1S/C24H27IN2O4S/c1-17(2)31-21-4-6-22(7-5-21)32(29,30)27-10-9-18(15-27)13-19-16-26(11-12-28)24-14-20(25)3-8-23(19)24/h3-8,12,14,16-18H,9-11,13,15H2,1-2H3. The maximum atomic E-state index is 13.1. The van der Waals surface area contributed by atoms with E-state index in [0.717, 1.165) is 39.2 Å². The fraction of sp³-hybridized carbons (Fsp3) is 0.375. The first kappa shape index (κ1) is 23.3. The highest BCUT2D eigenvalue weighted by molar-refractivity contribution is 14.1. The van der Waals surface area contributed by atoms with Crippen molar-refractivity contribution >= 4 is 49.8 Å². The van der Waals surface area contributed by atoms with Gasteiger partial charge in [0.15, 0.2) is 0 Å². The van der Waals surface area contributed by atoms with Crippen LogP contribution in [0.15, 0.2) is 53.6 Å². The molecule has 0 N–H and O–H groups in total. The molecule has 0 aliphatic carbocycles. The summed E-state index contributed by atoms with van der Waals surface area (Å²) in [5.41, 5.74) is 2.21. The molecule has 0 saturated carbocycles. The number of hydrogen-bond donors (Lipinski definition) is 0. The molecule has 3 aromatic rings. The van der Waals surface area contributed by atoms with E-state index in [1.807, 2.05) is 24.6 Å². The zero-order valence-corrected chi connectivity index (χ0v) is 21.2. The van der Waals surface area contributed by atoms with Crippen LogP contribution in [-0.2, 0) is 27.8 Å². The topological polar surface area (TPSA) is 68.6 Å². The van der Waals surface area contributed by atoms with Crippen molar-refractivity contribution < 1.29 is 17.9 Å². The van der Waals surface area contributed by atoms with Gasteiger partial charge in [0.05, 0.1) is 17.5 Å². The fourth-order valence-corrected chi connectivity index (χ4v) is 6.35. The summed E-state index contributed by atoms with van der Waals surface area (Å²) in [7, 11) is -3.54. The predicted molar refractivity (Wildman–Crippen MR) is 133 cm³/mol. The Bertz CT molecular complexity index is 1220. The van der Waals surface area contributed by atoms with Crippen molar-refractivity contribution in [3.63, 3.8) is 0 Å². The van der Waals surface area contributed by atoms with Crippen LogP contribution in [0.4, 0.5) is 0 Å². The molecule has 0 bridgehead atoms. The number of aromatic nitrogens is 1. The van der Waals surface area contributed by atoms with Gasteiger partial charge in [-0.3, -0.25) is 0 Å². The number of benzene rings is 2. The second kappa shape index (κ2) is 9.52. The van der Waals surface area contributed by atoms with Crippen LogP contribution >= 0.6 is 22.6 Å². The average Bonchev–Trinajstić information content (AvgIpc) is 3.34. The van der Waals surface area contributed by atoms with Gasteiger partial charge in [0, 0.05) is 33.8 Å². The summed E-state index contributed by atoms with van der Waals surface area (Å²) in [6, 6.07) is 12.9. The van der Waals surface area contributed by atoms with E-state index in [1.165, 1.54) is 0 Å². The lowest BCUT2D eigenvalue weighted by atomic mass is 9.98. The molecule has 2 heterocycles. The number of halogens is 1. The van der Waals surface area contributed by atoms with Crippen molar-refractivity contribution in [1.82, 2.24) is 8.87 Å². The predicted octanol–water partition coefficient (Wildman–Crippen LogP) is 4.49. The van der Waals surface area contributed by atoms with Gasteiger partial charge in [0.2, 0.25) is 10.0 Å². The van der Waals surface area contributed by atoms with Crippen LogP contribution in [-0.4, -0.2) is 42.8 Å². The first-order valence-corrected chi connectivity index (χ1v) is 13.3. The van der Waals surface area contributed by atoms with Gasteiger partial charge >= 0.3 is 0 Å². The van der Waals surface area contributed by atoms with Crippen LogP contribution in [0.2, 0.25) is 0 Å². The summed E-state index contributed by atoms with van der Waals surface area (Å²) in [6.07, 6.45) is 4.59. The fourth-order valence-electron chi connectivity index (χ4n) is 4.34. The summed E-state index contributed by atoms with van der Waals surface area (Å²) < 4.78 is 36.6. The highest BCUT2D eigenvalue weighted by Gasteiger charge is 2.33. The Hall–Kier alpha value is -1.91. The lowest BCUT2D eigenvalue weighted by molar-refractivity contribution is -0.108. The van der Waals surface area contributed by atoms with Gasteiger partial charge in [-0.1, -0.05) is 6.07 Å². The maximum absolute atomic E-state index is 13.1. The van der Waals surface area contributed by atoms with Gasteiger partial charge in [0.1, 0.15) is 12.0 Å². The van der Waals surface area contributed by atoms with Gasteiger partial charge in [-0.05, 0) is 97.2 Å². The number of nitrogens with zero attached hydrogens (tertiary/aromatic N) is 2. The number of fused-ring (bicyclic) bond motifs is 1. The van der Waals surface area contributed by atoms with Gasteiger partial charge in [-0.2, -0.15) is 4.31 Å². The number of aldehydes is 1. The minimum atomic E-state index is -3.54. The molecular formula is C24H27IN2O4S. The van der Waals surface area contributed by atoms with E-state index in [1.54, 1.807) is 28.6 Å². The van der Waals surface area contributed by atoms with Gasteiger partial charge < -0.3 is 14.1 Å². The van der Waals surface area contributed by atoms with Crippen molar-refractivity contribution in [2.75, 3.05) is 13.1 Å². The van der Waals surface area contributed by atoms with Crippen molar-refractivity contribution in [3.8, 4) is 5.75 Å². The number of rotatable bonds is 8. The smallest absolute Gasteiger partial charge is 0.243 e. The Morgan fingerprint density at radius 3 is 2.62 bits per heavy atom. The van der Waals surface area contributed by atoms with Crippen LogP contribution in [0.25, 0.3) is 10.9 Å². The van der Waals surface area contributed by atoms with E-state index in [9.17, 15) is 13.2 Å². The number of carbonyl (C=O) groups is 1. The molecule has 170 valence electrons. The number of sulfonamides is 1. The van der Waals surface area contributed by atoms with Crippen molar-refractivity contribution in [2.45, 2.75) is 44.2 Å². The molecule has 1 aromatic heterocycles. The molecule has 1 unspecified atom stereocenters. The Balaban J connectivity index is 1.49. The van der Waals surface area contributed by atoms with Crippen LogP contribution in [0.5, 0.6) is 5.75 Å². The normalized spacial score (nSPS) is 17.3. The molecule has 1 fully saturated rings. The molecule has 6 nitrogen and oxygen atoms in total. The molecule has 0 amide bonds. The van der Waals surface area contributed by atoms with Crippen LogP contribution in [0.3, 0.4) is 0 Å². The lowest BCUT2D eigenvalue weighted by Crippen LogP contribution is -2.29. The van der Waals surface area contributed by atoms with Gasteiger partial charge in [-0.25, -0.2) is 8.42 Å². The first-order chi connectivity index (χ1) is 15.3. The zero-order valence-electron chi connectivity index (χ0n) is 18.2. The van der Waals surface area contributed by atoms with E-state index in [2.05, 4.69) is 40.8 Å². The highest BCUT2D eigenvalue weighted by Crippen LogP contribution is 2.31. The second-order valence-corrected chi connectivity index (χ2v) is 11.7. The van der Waals surface area contributed by atoms with Crippen molar-refractivity contribution in [2.24, 2.45) is 5.92 Å². The van der Waals surface area contributed by atoms with E-state index in [0.29, 0.717) is 30.3 Å². The van der Waals surface area contributed by atoms with E-state index in [-0.39, 0.29) is 12.0 Å². The minimum Gasteiger partial charge on any atom is -0.491 e. The maximum Gasteiger partial charge on any atom is 0.243 e. The Kier molecular flexibility index (Phi) is 6.92. The average molecular weight is 566 g/mol. The van der Waals surface area contributed by atoms with Gasteiger partial charge in [-0.15, -0.1) is 0 Å². The number of ether oxygens (including phenoxy) is 1. The molecule has 1 saturated heterocycles. The molecule has 1 atom stereocenters. The first-order valence-electron chi connectivity index (χ1n) is 10.8. The molecular weight excluding hydrogens is 539 g/mol. The van der Waals surface area contributed by atoms with Crippen LogP contribution in [0, 0.1) is 9.49 Å². The quantitative estimate of drug-likeness (QED) is 0.298. The third-order valence-electron chi connectivity index (χ3n) is 5.79. The van der Waals surface area contributed by atoms with E-state index >= 15 is 0 Å². The Labute approximate surface area is 202 Å². The second-order valence-electron chi connectivity index (χ2n) is 8.49.